The van der Waals surface area contributed by atoms with E-state index in [1.54, 1.807) is 7.05 Å². The van der Waals surface area contributed by atoms with E-state index >= 15 is 0 Å². The van der Waals surface area contributed by atoms with Crippen molar-refractivity contribution >= 4 is 11.7 Å². The number of benzene rings is 1. The van der Waals surface area contributed by atoms with E-state index in [1.165, 1.54) is 28.9 Å². The third-order valence-electron chi connectivity index (χ3n) is 6.44. The Morgan fingerprint density at radius 3 is 2.32 bits per heavy atom. The molecule has 34 heavy (non-hydrogen) atoms. The summed E-state index contributed by atoms with van der Waals surface area (Å²) in [5.74, 6) is -11.0. The van der Waals surface area contributed by atoms with Crippen LogP contribution in [-0.4, -0.2) is 33.9 Å². The van der Waals surface area contributed by atoms with Crippen LogP contribution < -0.4 is 10.1 Å². The van der Waals surface area contributed by atoms with Gasteiger partial charge in [-0.05, 0) is 36.5 Å². The van der Waals surface area contributed by atoms with Crippen LogP contribution in [0, 0.1) is 5.92 Å². The van der Waals surface area contributed by atoms with Gasteiger partial charge in [-0.15, -0.1) is 13.2 Å². The summed E-state index contributed by atoms with van der Waals surface area (Å²) < 4.78 is 95.8. The molecule has 2 aliphatic carbocycles. The molecule has 2 aliphatic rings. The van der Waals surface area contributed by atoms with Crippen LogP contribution in [-0.2, 0) is 18.3 Å². The van der Waals surface area contributed by atoms with Gasteiger partial charge in [0.15, 0.2) is 5.82 Å². The number of carbonyl (C=O) groups is 1. The zero-order chi connectivity index (χ0) is 24.9. The van der Waals surface area contributed by atoms with Crippen molar-refractivity contribution in [2.45, 2.75) is 62.7 Å². The number of hydrogen-bond acceptors (Lipinski definition) is 3. The fraction of sp³-hybridized carbons (Fsp3) is 0.545. The second kappa shape index (κ2) is 8.46. The minimum Gasteiger partial charge on any atom is -0.406 e. The Bertz CT molecular complexity index is 1060. The lowest BCUT2D eigenvalue weighted by Crippen LogP contribution is -2.59. The van der Waals surface area contributed by atoms with Crippen molar-refractivity contribution in [1.82, 2.24) is 9.78 Å². The van der Waals surface area contributed by atoms with E-state index in [9.17, 15) is 35.5 Å². The first kappa shape index (κ1) is 24.3. The van der Waals surface area contributed by atoms with Gasteiger partial charge < -0.3 is 10.1 Å². The summed E-state index contributed by atoms with van der Waals surface area (Å²) in [6.45, 7) is 0. The lowest BCUT2D eigenvalue weighted by Gasteiger charge is -2.43. The Balaban J connectivity index is 1.50. The number of aryl methyl sites for hydroxylation is 1. The van der Waals surface area contributed by atoms with Gasteiger partial charge >= 0.3 is 18.2 Å². The van der Waals surface area contributed by atoms with Crippen LogP contribution in [0.15, 0.2) is 24.3 Å². The molecule has 12 heteroatoms. The van der Waals surface area contributed by atoms with Gasteiger partial charge in [0.2, 0.25) is 5.91 Å². The molecule has 1 amide bonds. The predicted octanol–water partition coefficient (Wildman–Crippen LogP) is 5.80. The molecule has 1 aromatic carbocycles. The number of aromatic nitrogens is 2. The van der Waals surface area contributed by atoms with Crippen LogP contribution in [0.2, 0.25) is 0 Å². The van der Waals surface area contributed by atoms with E-state index in [-0.39, 0.29) is 17.5 Å². The highest BCUT2D eigenvalue weighted by Crippen LogP contribution is 2.56. The van der Waals surface area contributed by atoms with Gasteiger partial charge in [0.05, 0.1) is 0 Å². The fourth-order valence-corrected chi connectivity index (χ4v) is 4.35. The number of carbonyl (C=O) groups excluding carboxylic acids is 1. The summed E-state index contributed by atoms with van der Waals surface area (Å²) in [5, 5.41) is 6.82. The van der Waals surface area contributed by atoms with Gasteiger partial charge in [-0.3, -0.25) is 9.48 Å². The molecule has 0 unspecified atom stereocenters. The highest BCUT2D eigenvalue weighted by Gasteiger charge is 2.71. The van der Waals surface area contributed by atoms with Crippen molar-refractivity contribution < 1.29 is 40.3 Å². The monoisotopic (exact) mass is 493 g/mol. The molecule has 4 rings (SSSR count). The summed E-state index contributed by atoms with van der Waals surface area (Å²) in [4.78, 5) is 12.4. The number of halogens is 7. The fourth-order valence-electron chi connectivity index (χ4n) is 4.35. The molecule has 0 bridgehead atoms. The van der Waals surface area contributed by atoms with E-state index in [1.807, 2.05) is 0 Å². The summed E-state index contributed by atoms with van der Waals surface area (Å²) >= 11 is 0. The number of anilines is 1. The predicted molar refractivity (Wildman–Crippen MR) is 107 cm³/mol. The Hall–Kier alpha value is -2.79. The topological polar surface area (TPSA) is 56.2 Å². The molecule has 0 radical (unpaired) electrons. The first-order valence-electron chi connectivity index (χ1n) is 10.7. The molecule has 1 heterocycles. The molecule has 0 saturated heterocycles. The zero-order valence-corrected chi connectivity index (χ0v) is 18.1. The molecule has 0 spiro atoms. The summed E-state index contributed by atoms with van der Waals surface area (Å²) in [6, 6.07) is 5.35. The number of hydrogen-bond donors (Lipinski definition) is 1. The molecule has 2 aromatic rings. The number of nitrogens with one attached hydrogen (secondary N) is 1. The normalized spacial score (nSPS) is 21.5. The van der Waals surface area contributed by atoms with E-state index in [0.717, 1.165) is 24.8 Å². The SMILES string of the molecule is Cn1nc(NC(=O)C[C@H]2CC(F)(F)C2(F)F)c(C2CCC2)c1Cc1ccc(OC(F)(F)F)cc1. The maximum absolute atomic E-state index is 13.6. The minimum absolute atomic E-state index is 0.0707. The standard InChI is InChI=1S/C22H22F7N3O2/c1-32-16(9-12-5-7-15(8-6-12)34-22(27,28)29)18(13-3-2-4-13)19(31-32)30-17(33)10-14-11-20(23,24)21(14,25)26/h5-8,13-14H,2-4,9-11H2,1H3,(H,30,31,33)/t14-/m0/s1. The molecule has 0 aliphatic heterocycles. The Morgan fingerprint density at radius 2 is 1.82 bits per heavy atom. The van der Waals surface area contributed by atoms with E-state index in [0.29, 0.717) is 17.7 Å². The second-order valence-corrected chi connectivity index (χ2v) is 8.81. The highest BCUT2D eigenvalue weighted by molar-refractivity contribution is 5.91. The maximum Gasteiger partial charge on any atom is 0.573 e. The largest absolute Gasteiger partial charge is 0.573 e. The van der Waals surface area contributed by atoms with Crippen molar-refractivity contribution in [3.63, 3.8) is 0 Å². The van der Waals surface area contributed by atoms with Gasteiger partial charge in [-0.2, -0.15) is 22.7 Å². The van der Waals surface area contributed by atoms with Crippen LogP contribution in [0.3, 0.4) is 0 Å². The molecular weight excluding hydrogens is 471 g/mol. The Kier molecular flexibility index (Phi) is 6.05. The first-order chi connectivity index (χ1) is 15.8. The van der Waals surface area contributed by atoms with Crippen molar-refractivity contribution in [2.75, 3.05) is 5.32 Å². The Morgan fingerprint density at radius 1 is 1.18 bits per heavy atom. The van der Waals surface area contributed by atoms with Crippen molar-refractivity contribution in [3.05, 3.63) is 41.1 Å². The average molecular weight is 493 g/mol. The quantitative estimate of drug-likeness (QED) is 0.497. The number of amides is 1. The number of rotatable bonds is 7. The van der Waals surface area contributed by atoms with Gasteiger partial charge in [-0.1, -0.05) is 18.6 Å². The lowest BCUT2D eigenvalue weighted by molar-refractivity contribution is -0.313. The summed E-state index contributed by atoms with van der Waals surface area (Å²) in [7, 11) is 1.63. The maximum atomic E-state index is 13.6. The summed E-state index contributed by atoms with van der Waals surface area (Å²) in [5.41, 5.74) is 2.11. The minimum atomic E-state index is -4.80. The third kappa shape index (κ3) is 4.72. The van der Waals surface area contributed by atoms with Crippen LogP contribution in [0.4, 0.5) is 36.6 Å². The molecule has 1 N–H and O–H groups in total. The van der Waals surface area contributed by atoms with Gasteiger partial charge in [-0.25, -0.2) is 0 Å². The molecule has 1 aromatic heterocycles. The van der Waals surface area contributed by atoms with Crippen LogP contribution in [0.25, 0.3) is 0 Å². The van der Waals surface area contributed by atoms with E-state index in [4.69, 9.17) is 0 Å². The van der Waals surface area contributed by atoms with E-state index in [2.05, 4.69) is 15.2 Å². The molecule has 2 fully saturated rings. The van der Waals surface area contributed by atoms with Crippen LogP contribution in [0.1, 0.15) is 54.8 Å². The van der Waals surface area contributed by atoms with Crippen molar-refractivity contribution in [1.29, 1.82) is 0 Å². The van der Waals surface area contributed by atoms with Crippen molar-refractivity contribution in [2.24, 2.45) is 13.0 Å². The molecule has 5 nitrogen and oxygen atoms in total. The number of nitrogens with zero attached hydrogens (tertiary/aromatic N) is 2. The molecular formula is C22H22F7N3O2. The smallest absolute Gasteiger partial charge is 0.406 e. The first-order valence-corrected chi connectivity index (χ1v) is 10.7. The van der Waals surface area contributed by atoms with E-state index < -0.39 is 42.9 Å². The summed E-state index contributed by atoms with van der Waals surface area (Å²) in [6.07, 6.45) is -3.69. The van der Waals surface area contributed by atoms with Crippen LogP contribution in [0.5, 0.6) is 5.75 Å². The zero-order valence-electron chi connectivity index (χ0n) is 18.1. The lowest BCUT2D eigenvalue weighted by atomic mass is 9.74. The average Bonchev–Trinajstić information content (AvgIpc) is 2.95. The van der Waals surface area contributed by atoms with Gasteiger partial charge in [0.1, 0.15) is 5.75 Å². The molecule has 1 atom stereocenters. The van der Waals surface area contributed by atoms with Gasteiger partial charge in [0, 0.05) is 43.5 Å². The number of ether oxygens (including phenoxy) is 1. The molecule has 186 valence electrons. The van der Waals surface area contributed by atoms with Gasteiger partial charge in [0.25, 0.3) is 0 Å². The number of alkyl halides is 7. The Labute approximate surface area is 190 Å². The second-order valence-electron chi connectivity index (χ2n) is 8.81. The highest BCUT2D eigenvalue weighted by atomic mass is 19.4. The van der Waals surface area contributed by atoms with Crippen LogP contribution >= 0.6 is 0 Å². The van der Waals surface area contributed by atoms with Crippen molar-refractivity contribution in [3.8, 4) is 5.75 Å². The third-order valence-corrected chi connectivity index (χ3v) is 6.44. The molecule has 2 saturated carbocycles.